The van der Waals surface area contributed by atoms with Gasteiger partial charge in [-0.05, 0) is 6.07 Å². The topological polar surface area (TPSA) is 93.8 Å². The van der Waals surface area contributed by atoms with E-state index in [0.717, 1.165) is 13.1 Å². The summed E-state index contributed by atoms with van der Waals surface area (Å²) < 4.78 is 24.6. The molecule has 0 saturated carbocycles. The highest BCUT2D eigenvalue weighted by Crippen LogP contribution is 2.15. The molecule has 2 fully saturated rings. The minimum Gasteiger partial charge on any atom is -0.329 e. The van der Waals surface area contributed by atoms with Crippen LogP contribution >= 0.6 is 0 Å². The summed E-state index contributed by atoms with van der Waals surface area (Å²) in [6, 6.07) is 7.17. The van der Waals surface area contributed by atoms with Crippen molar-refractivity contribution in [1.29, 1.82) is 0 Å². The number of amides is 1. The lowest BCUT2D eigenvalue weighted by Crippen LogP contribution is -3.18. The van der Waals surface area contributed by atoms with Gasteiger partial charge < -0.3 is 9.80 Å². The number of fused-ring (bicyclic) bond motifs is 1. The summed E-state index contributed by atoms with van der Waals surface area (Å²) in [6.45, 7) is 2.58. The monoisotopic (exact) mass is 391 g/mol. The zero-order chi connectivity index (χ0) is 19.2. The number of nitrogens with one attached hydrogen (secondary N) is 1. The first-order valence-corrected chi connectivity index (χ1v) is 11.0. The Morgan fingerprint density at radius 2 is 1.85 bits per heavy atom. The SMILES string of the molecule is Cn1nc(C(=O)N2CC[NH+]([C@@H]3CCS(=O)(=O)C3)CC2)c2ccccc2c1=O. The van der Waals surface area contributed by atoms with Gasteiger partial charge in [0.1, 0.15) is 11.8 Å². The number of carbonyl (C=O) groups excluding carboxylic acids is 1. The molecule has 2 saturated heterocycles. The number of quaternary nitrogens is 1. The second-order valence-electron chi connectivity index (χ2n) is 7.37. The number of benzene rings is 1. The van der Waals surface area contributed by atoms with E-state index < -0.39 is 9.84 Å². The summed E-state index contributed by atoms with van der Waals surface area (Å²) in [4.78, 5) is 28.3. The molecule has 2 aliphatic rings. The molecule has 0 aliphatic carbocycles. The number of aromatic nitrogens is 2. The molecule has 0 spiro atoms. The maximum absolute atomic E-state index is 13.1. The summed E-state index contributed by atoms with van der Waals surface area (Å²) in [5.74, 6) is 0.348. The first kappa shape index (κ1) is 18.1. The Morgan fingerprint density at radius 3 is 2.48 bits per heavy atom. The Hall–Kier alpha value is -2.26. The number of hydrogen-bond donors (Lipinski definition) is 1. The largest absolute Gasteiger partial charge is 0.329 e. The maximum atomic E-state index is 13.1. The van der Waals surface area contributed by atoms with Gasteiger partial charge in [-0.15, -0.1) is 0 Å². The van der Waals surface area contributed by atoms with Crippen LogP contribution in [0.5, 0.6) is 0 Å². The number of carbonyl (C=O) groups is 1. The van der Waals surface area contributed by atoms with E-state index in [0.29, 0.717) is 36.0 Å². The van der Waals surface area contributed by atoms with E-state index in [1.807, 2.05) is 0 Å². The van der Waals surface area contributed by atoms with Crippen LogP contribution in [0.15, 0.2) is 29.1 Å². The predicted molar refractivity (Wildman–Crippen MR) is 101 cm³/mol. The number of piperazine rings is 1. The van der Waals surface area contributed by atoms with Crippen LogP contribution in [0.4, 0.5) is 0 Å². The molecule has 27 heavy (non-hydrogen) atoms. The third-order valence-corrected chi connectivity index (χ3v) is 7.43. The Morgan fingerprint density at radius 1 is 1.19 bits per heavy atom. The van der Waals surface area contributed by atoms with E-state index in [2.05, 4.69) is 5.10 Å². The summed E-state index contributed by atoms with van der Waals surface area (Å²) >= 11 is 0. The van der Waals surface area contributed by atoms with E-state index in [9.17, 15) is 18.0 Å². The van der Waals surface area contributed by atoms with Crippen molar-refractivity contribution in [1.82, 2.24) is 14.7 Å². The zero-order valence-electron chi connectivity index (χ0n) is 15.2. The van der Waals surface area contributed by atoms with Crippen molar-refractivity contribution < 1.29 is 18.1 Å². The van der Waals surface area contributed by atoms with Gasteiger partial charge >= 0.3 is 0 Å². The van der Waals surface area contributed by atoms with Gasteiger partial charge in [0.2, 0.25) is 0 Å². The lowest BCUT2D eigenvalue weighted by Gasteiger charge is -2.34. The molecule has 0 radical (unpaired) electrons. The third-order valence-electron chi connectivity index (χ3n) is 5.66. The van der Waals surface area contributed by atoms with Crippen LogP contribution < -0.4 is 10.5 Å². The van der Waals surface area contributed by atoms with Crippen LogP contribution in [0.25, 0.3) is 10.8 Å². The molecular weight excluding hydrogens is 368 g/mol. The van der Waals surface area contributed by atoms with Crippen LogP contribution in [-0.2, 0) is 16.9 Å². The normalized spacial score (nSPS) is 23.0. The quantitative estimate of drug-likeness (QED) is 0.670. The van der Waals surface area contributed by atoms with Crippen molar-refractivity contribution in [3.8, 4) is 0 Å². The smallest absolute Gasteiger partial charge is 0.275 e. The molecular formula is C18H23N4O4S+. The highest BCUT2D eigenvalue weighted by Gasteiger charge is 2.37. The minimum atomic E-state index is -2.89. The number of hydrogen-bond acceptors (Lipinski definition) is 5. The fraction of sp³-hybridized carbons (Fsp3) is 0.500. The molecule has 144 valence electrons. The standard InChI is InChI=1S/C18H22N4O4S/c1-20-17(23)15-5-3-2-4-14(15)16(19-20)18(24)22-9-7-21(8-10-22)13-6-11-27(25,26)12-13/h2-5,13H,6-12H2,1H3/p+1/t13-/m1/s1. The number of sulfone groups is 1. The van der Waals surface area contributed by atoms with Crippen molar-refractivity contribution in [3.05, 3.63) is 40.3 Å². The Balaban J connectivity index is 1.53. The van der Waals surface area contributed by atoms with Crippen LogP contribution in [-0.4, -0.2) is 72.7 Å². The fourth-order valence-corrected chi connectivity index (χ4v) is 5.96. The van der Waals surface area contributed by atoms with Gasteiger partial charge in [-0.25, -0.2) is 13.1 Å². The molecule has 2 aromatic rings. The second kappa shape index (κ2) is 6.72. The molecule has 2 aliphatic heterocycles. The molecule has 8 nitrogen and oxygen atoms in total. The van der Waals surface area contributed by atoms with Gasteiger partial charge in [-0.2, -0.15) is 5.10 Å². The minimum absolute atomic E-state index is 0.142. The average Bonchev–Trinajstić information content (AvgIpc) is 3.04. The Bertz CT molecular complexity index is 1050. The van der Waals surface area contributed by atoms with Gasteiger partial charge in [0.15, 0.2) is 15.5 Å². The van der Waals surface area contributed by atoms with Crippen molar-refractivity contribution in [3.63, 3.8) is 0 Å². The van der Waals surface area contributed by atoms with Crippen LogP contribution in [0, 0.1) is 0 Å². The lowest BCUT2D eigenvalue weighted by molar-refractivity contribution is -0.925. The van der Waals surface area contributed by atoms with Gasteiger partial charge in [0.25, 0.3) is 11.5 Å². The van der Waals surface area contributed by atoms with Gasteiger partial charge in [-0.3, -0.25) is 9.59 Å². The van der Waals surface area contributed by atoms with Crippen LogP contribution in [0.3, 0.4) is 0 Å². The van der Waals surface area contributed by atoms with E-state index in [-0.39, 0.29) is 29.0 Å². The molecule has 1 aromatic heterocycles. The average molecular weight is 391 g/mol. The Kier molecular flexibility index (Phi) is 4.51. The molecule has 0 unspecified atom stereocenters. The zero-order valence-corrected chi connectivity index (χ0v) is 16.0. The molecule has 1 aromatic carbocycles. The second-order valence-corrected chi connectivity index (χ2v) is 9.60. The van der Waals surface area contributed by atoms with Crippen molar-refractivity contribution in [2.75, 3.05) is 37.7 Å². The van der Waals surface area contributed by atoms with Crippen molar-refractivity contribution in [2.24, 2.45) is 7.05 Å². The van der Waals surface area contributed by atoms with Crippen LogP contribution in [0.2, 0.25) is 0 Å². The summed E-state index contributed by atoms with van der Waals surface area (Å²) in [5.41, 5.74) is 0.0680. The number of nitrogens with zero attached hydrogens (tertiary/aromatic N) is 3. The molecule has 9 heteroatoms. The third kappa shape index (κ3) is 3.37. The highest BCUT2D eigenvalue weighted by molar-refractivity contribution is 7.91. The summed E-state index contributed by atoms with van der Waals surface area (Å²) in [5, 5.41) is 5.27. The van der Waals surface area contributed by atoms with Crippen molar-refractivity contribution in [2.45, 2.75) is 12.5 Å². The van der Waals surface area contributed by atoms with E-state index in [4.69, 9.17) is 0 Å². The fourth-order valence-electron chi connectivity index (χ4n) is 4.13. The van der Waals surface area contributed by atoms with E-state index in [1.54, 1.807) is 36.2 Å². The number of rotatable bonds is 2. The summed E-state index contributed by atoms with van der Waals surface area (Å²) in [6.07, 6.45) is 0.707. The van der Waals surface area contributed by atoms with E-state index >= 15 is 0 Å². The maximum Gasteiger partial charge on any atom is 0.275 e. The summed E-state index contributed by atoms with van der Waals surface area (Å²) in [7, 11) is -1.34. The molecule has 1 atom stereocenters. The van der Waals surface area contributed by atoms with Crippen molar-refractivity contribution >= 4 is 26.5 Å². The molecule has 0 bridgehead atoms. The van der Waals surface area contributed by atoms with Crippen LogP contribution in [0.1, 0.15) is 16.9 Å². The Labute approximate surface area is 157 Å². The molecule has 3 heterocycles. The highest BCUT2D eigenvalue weighted by atomic mass is 32.2. The lowest BCUT2D eigenvalue weighted by atomic mass is 10.1. The molecule has 4 rings (SSSR count). The van der Waals surface area contributed by atoms with Gasteiger partial charge in [-0.1, -0.05) is 18.2 Å². The molecule has 1 N–H and O–H groups in total. The van der Waals surface area contributed by atoms with Gasteiger partial charge in [0, 0.05) is 18.9 Å². The predicted octanol–water partition coefficient (Wildman–Crippen LogP) is -1.54. The van der Waals surface area contributed by atoms with Gasteiger partial charge in [0.05, 0.1) is 37.3 Å². The first-order chi connectivity index (χ1) is 12.9. The van der Waals surface area contributed by atoms with E-state index in [1.165, 1.54) is 9.58 Å². The number of aryl methyl sites for hydroxylation is 1. The molecule has 1 amide bonds. The first-order valence-electron chi connectivity index (χ1n) is 9.16.